The minimum absolute atomic E-state index is 0.0381. The highest BCUT2D eigenvalue weighted by molar-refractivity contribution is 7.99. The first kappa shape index (κ1) is 20.4. The lowest BCUT2D eigenvalue weighted by Crippen LogP contribution is -2.06. The van der Waals surface area contributed by atoms with Crippen molar-refractivity contribution in [1.29, 1.82) is 5.26 Å². The zero-order valence-corrected chi connectivity index (χ0v) is 18.5. The molecule has 2 aromatic heterocycles. The van der Waals surface area contributed by atoms with Crippen molar-refractivity contribution in [3.8, 4) is 17.5 Å². The topological polar surface area (TPSA) is 87.6 Å². The molecule has 1 N–H and O–H groups in total. The van der Waals surface area contributed by atoms with Crippen LogP contribution in [-0.2, 0) is 7.05 Å². The molecule has 0 radical (unpaired) electrons. The molecule has 0 saturated carbocycles. The van der Waals surface area contributed by atoms with Crippen LogP contribution in [0.5, 0.6) is 0 Å². The normalized spacial score (nSPS) is 13.1. The van der Waals surface area contributed by atoms with Crippen LogP contribution in [-0.4, -0.2) is 30.1 Å². The maximum Gasteiger partial charge on any atom is 0.191 e. The molecule has 6 nitrogen and oxygen atoms in total. The number of thiazole rings is 1. The largest absolute Gasteiger partial charge is 0.510 e. The van der Waals surface area contributed by atoms with Gasteiger partial charge in [-0.15, -0.1) is 21.5 Å². The fraction of sp³-hybridized carbons (Fsp3) is 0.143. The molecule has 9 heteroatoms. The summed E-state index contributed by atoms with van der Waals surface area (Å²) in [5.74, 6) is 0.592. The van der Waals surface area contributed by atoms with Gasteiger partial charge in [0.05, 0.1) is 20.5 Å². The van der Waals surface area contributed by atoms with Crippen molar-refractivity contribution in [2.45, 2.75) is 17.3 Å². The van der Waals surface area contributed by atoms with Crippen LogP contribution in [0.4, 0.5) is 0 Å². The second kappa shape index (κ2) is 8.48. The van der Waals surface area contributed by atoms with Gasteiger partial charge in [0.15, 0.2) is 11.0 Å². The number of benzene rings is 2. The minimum Gasteiger partial charge on any atom is -0.510 e. The summed E-state index contributed by atoms with van der Waals surface area (Å²) in [6.45, 7) is 1.81. The smallest absolute Gasteiger partial charge is 0.191 e. The molecule has 0 aliphatic heterocycles. The Hall–Kier alpha value is -2.86. The van der Waals surface area contributed by atoms with E-state index in [9.17, 15) is 10.4 Å². The Morgan fingerprint density at radius 3 is 2.67 bits per heavy atom. The van der Waals surface area contributed by atoms with E-state index in [0.717, 1.165) is 15.8 Å². The van der Waals surface area contributed by atoms with Gasteiger partial charge in [-0.1, -0.05) is 47.6 Å². The summed E-state index contributed by atoms with van der Waals surface area (Å²) in [7, 11) is 1.84. The van der Waals surface area contributed by atoms with Crippen LogP contribution < -0.4 is 0 Å². The van der Waals surface area contributed by atoms with E-state index in [1.807, 2.05) is 61.0 Å². The third-order valence-electron chi connectivity index (χ3n) is 4.49. The van der Waals surface area contributed by atoms with Gasteiger partial charge in [0, 0.05) is 12.6 Å². The van der Waals surface area contributed by atoms with Gasteiger partial charge in [0.1, 0.15) is 22.4 Å². The van der Waals surface area contributed by atoms with Crippen molar-refractivity contribution in [3.63, 3.8) is 0 Å². The van der Waals surface area contributed by atoms with Crippen LogP contribution in [0.1, 0.15) is 11.9 Å². The number of nitrogens with zero attached hydrogens (tertiary/aromatic N) is 5. The van der Waals surface area contributed by atoms with Gasteiger partial charge >= 0.3 is 0 Å². The molecule has 0 aliphatic carbocycles. The number of allylic oxidation sites excluding steroid dienone is 1. The molecule has 4 rings (SSSR count). The van der Waals surface area contributed by atoms with E-state index < -0.39 is 5.25 Å². The summed E-state index contributed by atoms with van der Waals surface area (Å²) in [5, 5.41) is 30.2. The van der Waals surface area contributed by atoms with Crippen molar-refractivity contribution in [1.82, 2.24) is 19.7 Å². The standard InChI is InChI=1S/C21H16ClN5OS2/c1-12(18(28)14(11-23)20-24-16-9-5-6-10-17(16)30-20)29-21-26-25-19(27(21)2)13-7-3-4-8-15(13)22/h3-10,12,28H,1-2H3/b18-14-. The number of hydrogen-bond donors (Lipinski definition) is 1. The van der Waals surface area contributed by atoms with Gasteiger partial charge in [0.2, 0.25) is 0 Å². The average Bonchev–Trinajstić information content (AvgIpc) is 3.32. The molecule has 30 heavy (non-hydrogen) atoms. The lowest BCUT2D eigenvalue weighted by molar-refractivity contribution is 0.402. The number of para-hydroxylation sites is 1. The molecule has 2 aromatic carbocycles. The SMILES string of the molecule is CC(Sc1nnc(-c2ccccc2Cl)n1C)/C(O)=C(\C#N)c1nc2ccccc2s1. The second-order valence-electron chi connectivity index (χ2n) is 6.46. The molecule has 0 bridgehead atoms. The highest BCUT2D eigenvalue weighted by atomic mass is 35.5. The first-order valence-electron chi connectivity index (χ1n) is 8.99. The first-order chi connectivity index (χ1) is 14.5. The zero-order chi connectivity index (χ0) is 21.3. The number of halogens is 1. The van der Waals surface area contributed by atoms with Gasteiger partial charge in [-0.2, -0.15) is 5.26 Å². The molecule has 2 heterocycles. The quantitative estimate of drug-likeness (QED) is 0.236. The van der Waals surface area contributed by atoms with Crippen LogP contribution in [0.3, 0.4) is 0 Å². The van der Waals surface area contributed by atoms with E-state index in [1.165, 1.54) is 23.1 Å². The minimum atomic E-state index is -0.423. The van der Waals surface area contributed by atoms with E-state index in [1.54, 1.807) is 6.07 Å². The van der Waals surface area contributed by atoms with Gasteiger partial charge < -0.3 is 9.67 Å². The lowest BCUT2D eigenvalue weighted by Gasteiger charge is -2.11. The van der Waals surface area contributed by atoms with Crippen molar-refractivity contribution >= 4 is 50.5 Å². The highest BCUT2D eigenvalue weighted by Gasteiger charge is 2.22. The van der Waals surface area contributed by atoms with Crippen LogP contribution in [0.25, 0.3) is 27.2 Å². The summed E-state index contributed by atoms with van der Waals surface area (Å²) < 4.78 is 2.78. The predicted octanol–water partition coefficient (Wildman–Crippen LogP) is 5.72. The van der Waals surface area contributed by atoms with E-state index >= 15 is 0 Å². The molecular weight excluding hydrogens is 438 g/mol. The number of aliphatic hydroxyl groups excluding tert-OH is 1. The average molecular weight is 454 g/mol. The molecule has 0 saturated heterocycles. The summed E-state index contributed by atoms with van der Waals surface area (Å²) in [4.78, 5) is 4.49. The molecular formula is C21H16ClN5OS2. The third-order valence-corrected chi connectivity index (χ3v) is 7.02. The molecule has 1 unspecified atom stereocenters. The van der Waals surface area contributed by atoms with Crippen LogP contribution in [0.2, 0.25) is 5.02 Å². The number of hydrogen-bond acceptors (Lipinski definition) is 7. The molecule has 1 atom stereocenters. The highest BCUT2D eigenvalue weighted by Crippen LogP contribution is 2.34. The Morgan fingerprint density at radius 1 is 1.20 bits per heavy atom. The lowest BCUT2D eigenvalue weighted by atomic mass is 10.2. The van der Waals surface area contributed by atoms with E-state index in [4.69, 9.17) is 11.6 Å². The second-order valence-corrected chi connectivity index (χ2v) is 9.21. The maximum absolute atomic E-state index is 10.8. The summed E-state index contributed by atoms with van der Waals surface area (Å²) in [6.07, 6.45) is 0. The third kappa shape index (κ3) is 3.79. The number of thioether (sulfide) groups is 1. The molecule has 0 spiro atoms. The zero-order valence-electron chi connectivity index (χ0n) is 16.1. The maximum atomic E-state index is 10.8. The number of rotatable bonds is 5. The van der Waals surface area contributed by atoms with Crippen LogP contribution in [0, 0.1) is 11.3 Å². The fourth-order valence-electron chi connectivity index (χ4n) is 2.91. The van der Waals surface area contributed by atoms with E-state index in [0.29, 0.717) is 21.0 Å². The van der Waals surface area contributed by atoms with Crippen LogP contribution >= 0.6 is 34.7 Å². The van der Waals surface area contributed by atoms with Crippen molar-refractivity contribution < 1.29 is 5.11 Å². The number of aromatic nitrogens is 4. The fourth-order valence-corrected chi connectivity index (χ4v) is 4.97. The Bertz CT molecular complexity index is 1270. The van der Waals surface area contributed by atoms with E-state index in [2.05, 4.69) is 21.3 Å². The monoisotopic (exact) mass is 453 g/mol. The van der Waals surface area contributed by atoms with Crippen LogP contribution in [0.15, 0.2) is 59.4 Å². The number of nitriles is 1. The van der Waals surface area contributed by atoms with E-state index in [-0.39, 0.29) is 11.3 Å². The summed E-state index contributed by atoms with van der Waals surface area (Å²) in [6, 6.07) is 17.2. The first-order valence-corrected chi connectivity index (χ1v) is 11.1. The van der Waals surface area contributed by atoms with Crippen molar-refractivity contribution in [2.24, 2.45) is 7.05 Å². The number of fused-ring (bicyclic) bond motifs is 1. The molecule has 0 aliphatic rings. The number of aliphatic hydroxyl groups is 1. The Kier molecular flexibility index (Phi) is 5.77. The molecule has 4 aromatic rings. The molecule has 0 fully saturated rings. The van der Waals surface area contributed by atoms with Gasteiger partial charge in [-0.3, -0.25) is 0 Å². The Balaban J connectivity index is 1.64. The van der Waals surface area contributed by atoms with Crippen molar-refractivity contribution in [2.75, 3.05) is 0 Å². The van der Waals surface area contributed by atoms with Gasteiger partial charge in [-0.25, -0.2) is 4.98 Å². The molecule has 0 amide bonds. The Morgan fingerprint density at radius 2 is 1.93 bits per heavy atom. The summed E-state index contributed by atoms with van der Waals surface area (Å²) >= 11 is 8.97. The predicted molar refractivity (Wildman–Crippen MR) is 122 cm³/mol. The Labute approximate surface area is 186 Å². The van der Waals surface area contributed by atoms with Gasteiger partial charge in [-0.05, 0) is 31.2 Å². The van der Waals surface area contributed by atoms with Crippen molar-refractivity contribution in [3.05, 3.63) is 64.3 Å². The summed E-state index contributed by atoms with van der Waals surface area (Å²) in [5.41, 5.74) is 1.75. The molecule has 150 valence electrons. The van der Waals surface area contributed by atoms with Gasteiger partial charge in [0.25, 0.3) is 0 Å².